The van der Waals surface area contributed by atoms with Crippen LogP contribution in [0.15, 0.2) is 33.5 Å². The van der Waals surface area contributed by atoms with Crippen molar-refractivity contribution in [3.8, 4) is 5.95 Å². The van der Waals surface area contributed by atoms with Gasteiger partial charge in [-0.3, -0.25) is 0 Å². The third kappa shape index (κ3) is 3.15. The molecule has 0 aliphatic heterocycles. The van der Waals surface area contributed by atoms with Crippen LogP contribution in [0.25, 0.3) is 10.8 Å². The first kappa shape index (κ1) is 13.6. The first-order valence-corrected chi connectivity index (χ1v) is 6.25. The zero-order valence-electron chi connectivity index (χ0n) is 9.81. The topological polar surface area (TPSA) is 77.5 Å². The highest BCUT2D eigenvalue weighted by Gasteiger charge is 2.12. The van der Waals surface area contributed by atoms with Crippen LogP contribution in [0.2, 0.25) is 5.02 Å². The van der Waals surface area contributed by atoms with Gasteiger partial charge in [0.1, 0.15) is 11.6 Å². The van der Waals surface area contributed by atoms with Crippen LogP contribution in [0, 0.1) is 0 Å². The predicted molar refractivity (Wildman–Crippen MR) is 77.8 cm³/mol. The summed E-state index contributed by atoms with van der Waals surface area (Å²) in [6, 6.07) is 6.90. The third-order valence-corrected chi connectivity index (χ3v) is 2.88. The van der Waals surface area contributed by atoms with E-state index in [0.717, 1.165) is 0 Å². The molecule has 0 saturated heterocycles. The lowest BCUT2D eigenvalue weighted by Crippen LogP contribution is -2.32. The number of rotatable bonds is 4. The Kier molecular flexibility index (Phi) is 4.24. The molecule has 100 valence electrons. The van der Waals surface area contributed by atoms with Gasteiger partial charge in [-0.15, -0.1) is 0 Å². The lowest BCUT2D eigenvalue weighted by atomic mass is 10.2. The van der Waals surface area contributed by atoms with Gasteiger partial charge in [-0.2, -0.15) is 0 Å². The normalized spacial score (nSPS) is 10.4. The highest BCUT2D eigenvalue weighted by Crippen LogP contribution is 2.30. The quantitative estimate of drug-likeness (QED) is 0.660. The van der Waals surface area contributed by atoms with Gasteiger partial charge in [0.2, 0.25) is 0 Å². The first-order valence-electron chi connectivity index (χ1n) is 5.47. The van der Waals surface area contributed by atoms with Crippen LogP contribution in [-0.2, 0) is 0 Å². The molecule has 0 radical (unpaired) electrons. The Morgan fingerprint density at radius 3 is 2.79 bits per heavy atom. The number of hydrogen-bond acceptors (Lipinski definition) is 4. The van der Waals surface area contributed by atoms with Crippen LogP contribution in [0.4, 0.5) is 0 Å². The third-order valence-electron chi connectivity index (χ3n) is 2.38. The molecule has 0 aliphatic rings. The summed E-state index contributed by atoms with van der Waals surface area (Å²) in [6.45, 7) is 0.612. The molecule has 0 amide bonds. The number of nitrogens with two attached hydrogens (primary N) is 1. The summed E-state index contributed by atoms with van der Waals surface area (Å²) in [5.41, 5.74) is 4.78. The Balaban J connectivity index is 2.22. The van der Waals surface area contributed by atoms with Gasteiger partial charge in [-0.1, -0.05) is 29.8 Å². The summed E-state index contributed by atoms with van der Waals surface area (Å²) in [7, 11) is 0. The van der Waals surface area contributed by atoms with E-state index in [2.05, 4.69) is 17.5 Å². The summed E-state index contributed by atoms with van der Waals surface area (Å²) in [5, 5.41) is 4.17. The molecule has 0 spiro atoms. The van der Waals surface area contributed by atoms with Gasteiger partial charge in [0.05, 0.1) is 11.9 Å². The van der Waals surface area contributed by atoms with E-state index in [1.165, 1.54) is 0 Å². The molecule has 3 N–H and O–H groups in total. The molecule has 0 saturated carbocycles. The molecule has 0 bridgehead atoms. The number of nitrogens with one attached hydrogen (secondary N) is 1. The second-order valence-electron chi connectivity index (χ2n) is 3.68. The Morgan fingerprint density at radius 1 is 1.42 bits per heavy atom. The average Bonchev–Trinajstić information content (AvgIpc) is 2.40. The number of halogens is 1. The zero-order valence-corrected chi connectivity index (χ0v) is 11.4. The summed E-state index contributed by atoms with van der Waals surface area (Å²) >= 11 is 10.8. The minimum atomic E-state index is -0.489. The van der Waals surface area contributed by atoms with Crippen molar-refractivity contribution in [1.29, 1.82) is 0 Å². The molecule has 0 aliphatic carbocycles. The first-order chi connectivity index (χ1) is 9.09. The largest absolute Gasteiger partial charge is 0.462 e. The highest BCUT2D eigenvalue weighted by molar-refractivity contribution is 7.80. The zero-order chi connectivity index (χ0) is 13.8. The summed E-state index contributed by atoms with van der Waals surface area (Å²) in [5.74, 6) is -0.00453. The Bertz CT molecular complexity index is 672. The van der Waals surface area contributed by atoms with Gasteiger partial charge >= 0.3 is 11.6 Å². The lowest BCUT2D eigenvalue weighted by Gasteiger charge is -2.08. The molecule has 1 aromatic heterocycles. The van der Waals surface area contributed by atoms with Crippen LogP contribution >= 0.6 is 23.8 Å². The van der Waals surface area contributed by atoms with E-state index in [1.54, 1.807) is 24.3 Å². The summed E-state index contributed by atoms with van der Waals surface area (Å²) in [6.07, 6.45) is 0. The molecule has 19 heavy (non-hydrogen) atoms. The maximum Gasteiger partial charge on any atom is 0.346 e. The summed E-state index contributed by atoms with van der Waals surface area (Å²) < 4.78 is 10.3. The maximum absolute atomic E-state index is 11.7. The van der Waals surface area contributed by atoms with Gasteiger partial charge in [-0.05, 0) is 18.3 Å². The molecule has 0 atom stereocenters. The smallest absolute Gasteiger partial charge is 0.346 e. The number of benzene rings is 1. The molecular weight excluding hydrogens is 288 g/mol. The average molecular weight is 299 g/mol. The standard InChI is InChI=1S/C12H11ClN2O3S/c13-9-7-3-1-2-4-8(7)10(16)18-11(9)17-6-5-15-12(14)19/h1-4H,5-6H2,(H3,14,15,19). The van der Waals surface area contributed by atoms with Crippen molar-refractivity contribution in [1.82, 2.24) is 5.32 Å². The molecule has 7 heteroatoms. The van der Waals surface area contributed by atoms with E-state index in [-0.39, 0.29) is 22.7 Å². The van der Waals surface area contributed by atoms with E-state index >= 15 is 0 Å². The predicted octanol–water partition coefficient (Wildman–Crippen LogP) is 1.66. The minimum absolute atomic E-state index is 0.00453. The maximum atomic E-state index is 11.7. The molecule has 1 heterocycles. The molecule has 0 fully saturated rings. The monoisotopic (exact) mass is 298 g/mol. The SMILES string of the molecule is NC(=S)NCCOc1oc(=O)c2ccccc2c1Cl. The van der Waals surface area contributed by atoms with Gasteiger partial charge < -0.3 is 20.2 Å². The Labute approximate surface area is 119 Å². The van der Waals surface area contributed by atoms with Crippen molar-refractivity contribution in [3.63, 3.8) is 0 Å². The number of hydrogen-bond donors (Lipinski definition) is 2. The van der Waals surface area contributed by atoms with E-state index in [0.29, 0.717) is 17.3 Å². The van der Waals surface area contributed by atoms with Gasteiger partial charge in [0, 0.05) is 5.39 Å². The fraction of sp³-hybridized carbons (Fsp3) is 0.167. The molecule has 0 unspecified atom stereocenters. The van der Waals surface area contributed by atoms with Crippen molar-refractivity contribution in [2.45, 2.75) is 0 Å². The molecule has 1 aromatic carbocycles. The van der Waals surface area contributed by atoms with Crippen molar-refractivity contribution < 1.29 is 9.15 Å². The van der Waals surface area contributed by atoms with Crippen LogP contribution in [-0.4, -0.2) is 18.3 Å². The van der Waals surface area contributed by atoms with Crippen molar-refractivity contribution >= 4 is 39.7 Å². The fourth-order valence-corrected chi connectivity index (χ4v) is 1.92. The van der Waals surface area contributed by atoms with E-state index < -0.39 is 5.63 Å². The van der Waals surface area contributed by atoms with E-state index in [4.69, 9.17) is 26.5 Å². The lowest BCUT2D eigenvalue weighted by molar-refractivity contribution is 0.236. The fourth-order valence-electron chi connectivity index (χ4n) is 1.56. The van der Waals surface area contributed by atoms with Gasteiger partial charge in [0.25, 0.3) is 0 Å². The van der Waals surface area contributed by atoms with E-state index in [1.807, 2.05) is 0 Å². The second kappa shape index (κ2) is 5.90. The molecule has 5 nitrogen and oxygen atoms in total. The van der Waals surface area contributed by atoms with Crippen LogP contribution in [0.1, 0.15) is 0 Å². The van der Waals surface area contributed by atoms with E-state index in [9.17, 15) is 4.79 Å². The van der Waals surface area contributed by atoms with Crippen LogP contribution < -0.4 is 21.4 Å². The van der Waals surface area contributed by atoms with Crippen molar-refractivity contribution in [2.24, 2.45) is 5.73 Å². The summed E-state index contributed by atoms with van der Waals surface area (Å²) in [4.78, 5) is 11.7. The van der Waals surface area contributed by atoms with Gasteiger partial charge in [-0.25, -0.2) is 4.79 Å². The van der Waals surface area contributed by atoms with Crippen molar-refractivity contribution in [2.75, 3.05) is 13.2 Å². The number of ether oxygens (including phenoxy) is 1. The minimum Gasteiger partial charge on any atom is -0.462 e. The Hall–Kier alpha value is -1.79. The molecule has 2 rings (SSSR count). The highest BCUT2D eigenvalue weighted by atomic mass is 35.5. The second-order valence-corrected chi connectivity index (χ2v) is 4.49. The van der Waals surface area contributed by atoms with Crippen LogP contribution in [0.5, 0.6) is 5.95 Å². The molecule has 2 aromatic rings. The van der Waals surface area contributed by atoms with Gasteiger partial charge in [0.15, 0.2) is 5.11 Å². The van der Waals surface area contributed by atoms with Crippen LogP contribution in [0.3, 0.4) is 0 Å². The number of thiocarbonyl (C=S) groups is 1. The Morgan fingerprint density at radius 2 is 2.11 bits per heavy atom. The molecular formula is C12H11ClN2O3S. The van der Waals surface area contributed by atoms with Crippen molar-refractivity contribution in [3.05, 3.63) is 39.7 Å². The number of fused-ring (bicyclic) bond motifs is 1.